The number of nitrogens with zero attached hydrogens (tertiary/aromatic N) is 6. The molecule has 3 aromatic heterocycles. The molecule has 4 heterocycles. The number of piperidine rings is 1. The van der Waals surface area contributed by atoms with Gasteiger partial charge in [-0.15, -0.1) is 10.2 Å². The van der Waals surface area contributed by atoms with Gasteiger partial charge in [0.05, 0.1) is 5.69 Å². The predicted molar refractivity (Wildman–Crippen MR) is 92.3 cm³/mol. The van der Waals surface area contributed by atoms with Crippen LogP contribution < -0.4 is 5.56 Å². The number of nitrogens with one attached hydrogen (secondary N) is 1. The summed E-state index contributed by atoms with van der Waals surface area (Å²) in [6.45, 7) is 3.31. The highest BCUT2D eigenvalue weighted by molar-refractivity contribution is 5.93. The van der Waals surface area contributed by atoms with Crippen LogP contribution in [0.15, 0.2) is 23.1 Å². The SMILES string of the molecule is Cc1c(C(=O)N2CCC3(CC2)CC3)nnn1-c1nn2cccc2c(=O)[nH]1. The predicted octanol–water partition coefficient (Wildman–Crippen LogP) is 0.928. The van der Waals surface area contributed by atoms with Gasteiger partial charge in [-0.1, -0.05) is 5.21 Å². The van der Waals surface area contributed by atoms with E-state index in [4.69, 9.17) is 0 Å². The quantitative estimate of drug-likeness (QED) is 0.738. The molecule has 1 aliphatic carbocycles. The topological polar surface area (TPSA) is 101 Å². The Morgan fingerprint density at radius 2 is 2.00 bits per heavy atom. The normalized spacial score (nSPS) is 18.6. The average molecular weight is 353 g/mol. The van der Waals surface area contributed by atoms with E-state index in [0.717, 1.165) is 25.9 Å². The molecule has 0 aromatic carbocycles. The van der Waals surface area contributed by atoms with E-state index < -0.39 is 0 Å². The minimum atomic E-state index is -0.270. The van der Waals surface area contributed by atoms with Gasteiger partial charge in [0, 0.05) is 19.3 Å². The number of carbonyl (C=O) groups excluding carboxylic acids is 1. The van der Waals surface area contributed by atoms with Crippen molar-refractivity contribution in [1.29, 1.82) is 0 Å². The van der Waals surface area contributed by atoms with E-state index in [1.54, 1.807) is 25.3 Å². The molecule has 9 heteroatoms. The summed E-state index contributed by atoms with van der Waals surface area (Å²) < 4.78 is 2.89. The van der Waals surface area contributed by atoms with E-state index in [1.165, 1.54) is 22.0 Å². The number of fused-ring (bicyclic) bond motifs is 1. The number of carbonyl (C=O) groups is 1. The summed E-state index contributed by atoms with van der Waals surface area (Å²) in [6.07, 6.45) is 6.43. The van der Waals surface area contributed by atoms with Crippen molar-refractivity contribution in [2.75, 3.05) is 13.1 Å². The summed E-state index contributed by atoms with van der Waals surface area (Å²) in [5.74, 6) is 0.131. The van der Waals surface area contributed by atoms with Crippen LogP contribution in [0.1, 0.15) is 41.9 Å². The third-order valence-electron chi connectivity index (χ3n) is 5.75. The van der Waals surface area contributed by atoms with Gasteiger partial charge >= 0.3 is 0 Å². The van der Waals surface area contributed by atoms with Gasteiger partial charge in [-0.3, -0.25) is 14.6 Å². The number of amides is 1. The Bertz CT molecular complexity index is 1060. The van der Waals surface area contributed by atoms with Gasteiger partial charge in [-0.2, -0.15) is 4.68 Å². The van der Waals surface area contributed by atoms with Crippen molar-refractivity contribution >= 4 is 11.4 Å². The molecule has 3 aromatic rings. The molecule has 1 aliphatic heterocycles. The summed E-state index contributed by atoms with van der Waals surface area (Å²) in [5.41, 5.74) is 1.57. The van der Waals surface area contributed by atoms with Gasteiger partial charge in [-0.05, 0) is 50.2 Å². The lowest BCUT2D eigenvalue weighted by Crippen LogP contribution is -2.39. The van der Waals surface area contributed by atoms with Gasteiger partial charge < -0.3 is 4.90 Å². The molecule has 26 heavy (non-hydrogen) atoms. The first-order valence-electron chi connectivity index (χ1n) is 8.86. The highest BCUT2D eigenvalue weighted by Gasteiger charge is 2.45. The second-order valence-electron chi connectivity index (χ2n) is 7.34. The van der Waals surface area contributed by atoms with Crippen LogP contribution in [-0.4, -0.2) is 53.5 Å². The molecule has 9 nitrogen and oxygen atoms in total. The smallest absolute Gasteiger partial charge is 0.276 e. The van der Waals surface area contributed by atoms with Crippen molar-refractivity contribution in [2.45, 2.75) is 32.6 Å². The molecule has 1 saturated carbocycles. The van der Waals surface area contributed by atoms with E-state index in [2.05, 4.69) is 20.4 Å². The molecule has 0 unspecified atom stereocenters. The number of aromatic nitrogens is 6. The van der Waals surface area contributed by atoms with Crippen molar-refractivity contribution in [3.8, 4) is 5.95 Å². The molecule has 1 spiro atoms. The van der Waals surface area contributed by atoms with Crippen molar-refractivity contribution < 1.29 is 4.79 Å². The number of H-pyrrole nitrogens is 1. The highest BCUT2D eigenvalue weighted by Crippen LogP contribution is 2.53. The number of hydrogen-bond acceptors (Lipinski definition) is 5. The van der Waals surface area contributed by atoms with Crippen molar-refractivity contribution in [1.82, 2.24) is 34.5 Å². The first-order valence-corrected chi connectivity index (χ1v) is 8.86. The number of rotatable bonds is 2. The lowest BCUT2D eigenvalue weighted by molar-refractivity contribution is 0.0671. The minimum Gasteiger partial charge on any atom is -0.337 e. The maximum atomic E-state index is 12.8. The Labute approximate surface area is 148 Å². The summed E-state index contributed by atoms with van der Waals surface area (Å²) in [6, 6.07) is 3.43. The third kappa shape index (κ3) is 2.27. The molecule has 5 rings (SSSR count). The van der Waals surface area contributed by atoms with Crippen LogP contribution in [0.2, 0.25) is 0 Å². The molecule has 2 fully saturated rings. The fraction of sp³-hybridized carbons (Fsp3) is 0.471. The minimum absolute atomic E-state index is 0.103. The first kappa shape index (κ1) is 15.3. The molecule has 0 radical (unpaired) electrons. The van der Waals surface area contributed by atoms with Crippen LogP contribution in [0.5, 0.6) is 0 Å². The standard InChI is InChI=1S/C17H19N7O2/c1-11-13(15(26)22-9-6-17(4-5-17)7-10-22)19-21-24(11)16-18-14(25)12-3-2-8-23(12)20-16/h2-3,8H,4-7,9-10H2,1H3,(H,18,20,25). The van der Waals surface area contributed by atoms with Crippen LogP contribution in [-0.2, 0) is 0 Å². The van der Waals surface area contributed by atoms with Crippen LogP contribution in [0.4, 0.5) is 0 Å². The van der Waals surface area contributed by atoms with E-state index in [9.17, 15) is 9.59 Å². The van der Waals surface area contributed by atoms with Gasteiger partial charge in [0.2, 0.25) is 0 Å². The second-order valence-corrected chi connectivity index (χ2v) is 7.34. The molecule has 1 saturated heterocycles. The van der Waals surface area contributed by atoms with E-state index in [-0.39, 0.29) is 17.4 Å². The Balaban J connectivity index is 1.46. The summed E-state index contributed by atoms with van der Waals surface area (Å²) in [7, 11) is 0. The van der Waals surface area contributed by atoms with Crippen LogP contribution in [0.3, 0.4) is 0 Å². The van der Waals surface area contributed by atoms with Gasteiger partial charge in [0.15, 0.2) is 5.69 Å². The highest BCUT2D eigenvalue weighted by atomic mass is 16.2. The molecule has 2 aliphatic rings. The first-order chi connectivity index (χ1) is 12.6. The summed E-state index contributed by atoms with van der Waals surface area (Å²) in [5, 5.41) is 12.5. The fourth-order valence-corrected chi connectivity index (χ4v) is 3.77. The monoisotopic (exact) mass is 353 g/mol. The van der Waals surface area contributed by atoms with Gasteiger partial charge in [0.25, 0.3) is 17.4 Å². The Hall–Kier alpha value is -2.97. The zero-order valence-electron chi connectivity index (χ0n) is 14.5. The van der Waals surface area contributed by atoms with Crippen LogP contribution in [0.25, 0.3) is 11.5 Å². The van der Waals surface area contributed by atoms with Crippen LogP contribution in [0, 0.1) is 12.3 Å². The Morgan fingerprint density at radius 1 is 1.23 bits per heavy atom. The maximum Gasteiger partial charge on any atom is 0.276 e. The average Bonchev–Trinajstić information content (AvgIpc) is 3.06. The molecular formula is C17H19N7O2. The van der Waals surface area contributed by atoms with Crippen LogP contribution >= 0.6 is 0 Å². The Morgan fingerprint density at radius 3 is 2.73 bits per heavy atom. The zero-order valence-corrected chi connectivity index (χ0v) is 14.5. The van der Waals surface area contributed by atoms with Gasteiger partial charge in [0.1, 0.15) is 5.52 Å². The zero-order chi connectivity index (χ0) is 17.9. The summed E-state index contributed by atoms with van der Waals surface area (Å²) >= 11 is 0. The molecule has 1 amide bonds. The number of aromatic amines is 1. The van der Waals surface area contributed by atoms with Crippen molar-refractivity contribution in [3.63, 3.8) is 0 Å². The second kappa shape index (κ2) is 5.26. The number of hydrogen-bond donors (Lipinski definition) is 1. The number of likely N-dealkylation sites (tertiary alicyclic amines) is 1. The third-order valence-corrected chi connectivity index (χ3v) is 5.75. The van der Waals surface area contributed by atoms with E-state index in [0.29, 0.717) is 22.3 Å². The largest absolute Gasteiger partial charge is 0.337 e. The fourth-order valence-electron chi connectivity index (χ4n) is 3.77. The van der Waals surface area contributed by atoms with E-state index >= 15 is 0 Å². The Kier molecular flexibility index (Phi) is 3.10. The van der Waals surface area contributed by atoms with Gasteiger partial charge in [-0.25, -0.2) is 4.52 Å². The molecule has 0 bridgehead atoms. The molecule has 0 atom stereocenters. The molecular weight excluding hydrogens is 334 g/mol. The molecule has 134 valence electrons. The summed E-state index contributed by atoms with van der Waals surface area (Å²) in [4.78, 5) is 29.5. The van der Waals surface area contributed by atoms with E-state index in [1.807, 2.05) is 4.90 Å². The van der Waals surface area contributed by atoms with Crippen molar-refractivity contribution in [3.05, 3.63) is 40.1 Å². The van der Waals surface area contributed by atoms with Crippen molar-refractivity contribution in [2.24, 2.45) is 5.41 Å². The molecule has 1 N–H and O–H groups in total. The maximum absolute atomic E-state index is 12.8. The lowest BCUT2D eigenvalue weighted by Gasteiger charge is -2.31. The lowest BCUT2D eigenvalue weighted by atomic mass is 9.93.